The quantitative estimate of drug-likeness (QED) is 0.572. The highest BCUT2D eigenvalue weighted by atomic mass is 16.7. The van der Waals surface area contributed by atoms with E-state index >= 15 is 0 Å². The van der Waals surface area contributed by atoms with Crippen LogP contribution in [0.5, 0.6) is 0 Å². The first-order chi connectivity index (χ1) is 5.86. The minimum Gasteiger partial charge on any atom is -0.318 e. The summed E-state index contributed by atoms with van der Waals surface area (Å²) in [5.74, 6) is 0.265. The normalized spacial score (nSPS) is 25.3. The van der Waals surface area contributed by atoms with Gasteiger partial charge in [-0.1, -0.05) is 5.16 Å². The maximum absolute atomic E-state index is 10.7. The maximum atomic E-state index is 10.7. The Bertz CT molecular complexity index is 219. The molecule has 0 aromatic heterocycles. The van der Waals surface area contributed by atoms with Crippen molar-refractivity contribution >= 4 is 11.7 Å². The second kappa shape index (κ2) is 3.23. The minimum absolute atomic E-state index is 0.205. The standard InChI is InChI=1S/C8H12N2O2/c11-8-5-7(10-12-8)6-1-3-9-4-2-6/h6,9H,1-5H2. The third kappa shape index (κ3) is 1.48. The van der Waals surface area contributed by atoms with E-state index < -0.39 is 0 Å². The molecule has 4 heteroatoms. The highest BCUT2D eigenvalue weighted by molar-refractivity contribution is 6.03. The Morgan fingerprint density at radius 1 is 1.42 bits per heavy atom. The molecular weight excluding hydrogens is 156 g/mol. The van der Waals surface area contributed by atoms with Gasteiger partial charge in [-0.2, -0.15) is 0 Å². The molecule has 1 saturated heterocycles. The van der Waals surface area contributed by atoms with Crippen molar-refractivity contribution in [2.45, 2.75) is 19.3 Å². The van der Waals surface area contributed by atoms with E-state index in [0.29, 0.717) is 12.3 Å². The summed E-state index contributed by atoms with van der Waals surface area (Å²) in [4.78, 5) is 15.3. The third-order valence-corrected chi connectivity index (χ3v) is 2.40. The van der Waals surface area contributed by atoms with Crippen molar-refractivity contribution in [2.24, 2.45) is 11.1 Å². The highest BCUT2D eigenvalue weighted by Crippen LogP contribution is 2.19. The Balaban J connectivity index is 1.95. The molecule has 4 nitrogen and oxygen atoms in total. The van der Waals surface area contributed by atoms with Crippen LogP contribution in [0.25, 0.3) is 0 Å². The van der Waals surface area contributed by atoms with Gasteiger partial charge in [0.2, 0.25) is 0 Å². The third-order valence-electron chi connectivity index (χ3n) is 2.40. The molecule has 0 aliphatic carbocycles. The van der Waals surface area contributed by atoms with Crippen LogP contribution in [-0.2, 0) is 9.63 Å². The smallest absolute Gasteiger partial charge is 0.318 e. The van der Waals surface area contributed by atoms with Gasteiger partial charge in [-0.25, -0.2) is 4.79 Å². The largest absolute Gasteiger partial charge is 0.340 e. The fourth-order valence-electron chi connectivity index (χ4n) is 1.70. The first-order valence-electron chi connectivity index (χ1n) is 4.33. The van der Waals surface area contributed by atoms with Crippen LogP contribution < -0.4 is 5.32 Å². The maximum Gasteiger partial charge on any atom is 0.340 e. The van der Waals surface area contributed by atoms with E-state index in [-0.39, 0.29) is 5.97 Å². The summed E-state index contributed by atoms with van der Waals surface area (Å²) in [6.07, 6.45) is 2.57. The first kappa shape index (κ1) is 7.73. The minimum atomic E-state index is -0.205. The van der Waals surface area contributed by atoms with Gasteiger partial charge in [-0.05, 0) is 25.9 Å². The van der Waals surface area contributed by atoms with Gasteiger partial charge in [0, 0.05) is 5.92 Å². The van der Waals surface area contributed by atoms with Crippen LogP contribution in [0.1, 0.15) is 19.3 Å². The molecule has 0 saturated carbocycles. The summed E-state index contributed by atoms with van der Waals surface area (Å²) in [5, 5.41) is 7.05. The van der Waals surface area contributed by atoms with Gasteiger partial charge in [0.15, 0.2) is 0 Å². The predicted octanol–water partition coefficient (Wildman–Crippen LogP) is 0.289. The lowest BCUT2D eigenvalue weighted by Gasteiger charge is -2.20. The van der Waals surface area contributed by atoms with Gasteiger partial charge >= 0.3 is 5.97 Å². The lowest BCUT2D eigenvalue weighted by molar-refractivity contribution is -0.140. The van der Waals surface area contributed by atoms with Crippen molar-refractivity contribution in [2.75, 3.05) is 13.1 Å². The number of piperidine rings is 1. The lowest BCUT2D eigenvalue weighted by atomic mass is 9.91. The molecule has 2 aliphatic rings. The number of nitrogens with zero attached hydrogens (tertiary/aromatic N) is 1. The van der Waals surface area contributed by atoms with E-state index in [1.165, 1.54) is 0 Å². The molecule has 0 amide bonds. The van der Waals surface area contributed by atoms with E-state index in [9.17, 15) is 4.79 Å². The molecule has 0 spiro atoms. The lowest BCUT2D eigenvalue weighted by Crippen LogP contribution is -2.31. The van der Waals surface area contributed by atoms with E-state index in [1.807, 2.05) is 0 Å². The van der Waals surface area contributed by atoms with Crippen LogP contribution in [0.3, 0.4) is 0 Å². The molecule has 2 aliphatic heterocycles. The van der Waals surface area contributed by atoms with Gasteiger partial charge in [-0.3, -0.25) is 0 Å². The van der Waals surface area contributed by atoms with E-state index in [0.717, 1.165) is 31.6 Å². The molecule has 12 heavy (non-hydrogen) atoms. The molecule has 2 rings (SSSR count). The molecule has 66 valence electrons. The molecule has 2 heterocycles. The molecule has 1 N–H and O–H groups in total. The fourth-order valence-corrected chi connectivity index (χ4v) is 1.70. The highest BCUT2D eigenvalue weighted by Gasteiger charge is 2.26. The van der Waals surface area contributed by atoms with Gasteiger partial charge in [0.05, 0.1) is 12.1 Å². The predicted molar refractivity (Wildman–Crippen MR) is 43.7 cm³/mol. The number of rotatable bonds is 1. The summed E-state index contributed by atoms with van der Waals surface area (Å²) in [6, 6.07) is 0. The molecule has 0 aromatic carbocycles. The number of hydrogen-bond acceptors (Lipinski definition) is 4. The van der Waals surface area contributed by atoms with Gasteiger partial charge in [-0.15, -0.1) is 0 Å². The molecule has 0 atom stereocenters. The summed E-state index contributed by atoms with van der Waals surface area (Å²) in [7, 11) is 0. The zero-order chi connectivity index (χ0) is 8.39. The molecule has 0 aromatic rings. The summed E-state index contributed by atoms with van der Waals surface area (Å²) >= 11 is 0. The Kier molecular flexibility index (Phi) is 2.08. The Morgan fingerprint density at radius 3 is 2.75 bits per heavy atom. The monoisotopic (exact) mass is 168 g/mol. The van der Waals surface area contributed by atoms with Crippen molar-refractivity contribution < 1.29 is 9.63 Å². The van der Waals surface area contributed by atoms with Gasteiger partial charge in [0.25, 0.3) is 0 Å². The van der Waals surface area contributed by atoms with E-state index in [2.05, 4.69) is 15.3 Å². The molecule has 0 unspecified atom stereocenters. The number of carbonyl (C=O) groups is 1. The van der Waals surface area contributed by atoms with Crippen molar-refractivity contribution in [3.63, 3.8) is 0 Å². The number of hydrogen-bond donors (Lipinski definition) is 1. The number of nitrogens with one attached hydrogen (secondary N) is 1. The average molecular weight is 168 g/mol. The van der Waals surface area contributed by atoms with Crippen LogP contribution in [0.4, 0.5) is 0 Å². The second-order valence-corrected chi connectivity index (χ2v) is 3.25. The Morgan fingerprint density at radius 2 is 2.17 bits per heavy atom. The van der Waals surface area contributed by atoms with E-state index in [1.54, 1.807) is 0 Å². The Labute approximate surface area is 71.0 Å². The topological polar surface area (TPSA) is 50.7 Å². The number of carbonyl (C=O) groups excluding carboxylic acids is 1. The number of oxime groups is 1. The zero-order valence-corrected chi connectivity index (χ0v) is 6.88. The summed E-state index contributed by atoms with van der Waals surface area (Å²) < 4.78 is 0. The first-order valence-corrected chi connectivity index (χ1v) is 4.33. The van der Waals surface area contributed by atoms with Gasteiger partial charge < -0.3 is 10.2 Å². The second-order valence-electron chi connectivity index (χ2n) is 3.25. The van der Waals surface area contributed by atoms with Crippen LogP contribution in [0, 0.1) is 5.92 Å². The molecule has 0 radical (unpaired) electrons. The van der Waals surface area contributed by atoms with Crippen molar-refractivity contribution in [3.8, 4) is 0 Å². The van der Waals surface area contributed by atoms with Crippen molar-refractivity contribution in [3.05, 3.63) is 0 Å². The zero-order valence-electron chi connectivity index (χ0n) is 6.88. The summed E-state index contributed by atoms with van der Waals surface area (Å²) in [5.41, 5.74) is 0.946. The Hall–Kier alpha value is -0.900. The van der Waals surface area contributed by atoms with Crippen LogP contribution in [0.15, 0.2) is 5.16 Å². The van der Waals surface area contributed by atoms with Crippen molar-refractivity contribution in [1.82, 2.24) is 5.32 Å². The fraction of sp³-hybridized carbons (Fsp3) is 0.750. The molecular formula is C8H12N2O2. The molecule has 1 fully saturated rings. The van der Waals surface area contributed by atoms with Crippen LogP contribution >= 0.6 is 0 Å². The van der Waals surface area contributed by atoms with Crippen molar-refractivity contribution in [1.29, 1.82) is 0 Å². The van der Waals surface area contributed by atoms with E-state index in [4.69, 9.17) is 0 Å². The van der Waals surface area contributed by atoms with Crippen LogP contribution in [-0.4, -0.2) is 24.8 Å². The SMILES string of the molecule is O=C1CC(C2CCNCC2)=NO1. The average Bonchev–Trinajstić information content (AvgIpc) is 2.54. The molecule has 0 bridgehead atoms. The van der Waals surface area contributed by atoms with Gasteiger partial charge in [0.1, 0.15) is 0 Å². The summed E-state index contributed by atoms with van der Waals surface area (Å²) in [6.45, 7) is 2.05. The van der Waals surface area contributed by atoms with Crippen LogP contribution in [0.2, 0.25) is 0 Å².